The van der Waals surface area contributed by atoms with E-state index in [0.29, 0.717) is 12.5 Å². The van der Waals surface area contributed by atoms with E-state index in [-0.39, 0.29) is 11.3 Å². The first kappa shape index (κ1) is 44.3. The minimum Gasteiger partial charge on any atom is -0.352 e. The van der Waals surface area contributed by atoms with Crippen LogP contribution in [0.15, 0.2) is 230 Å². The van der Waals surface area contributed by atoms with Gasteiger partial charge >= 0.3 is 0 Å². The predicted octanol–water partition coefficient (Wildman–Crippen LogP) is 16.4. The van der Waals surface area contributed by atoms with Gasteiger partial charge < -0.3 is 14.5 Å². The first-order chi connectivity index (χ1) is 33.9. The number of allylic oxidation sites excluding steroid dienone is 2. The maximum absolute atomic E-state index is 8.92. The molecule has 2 heterocycles. The van der Waals surface area contributed by atoms with E-state index in [1.807, 2.05) is 74.5 Å². The molecule has 0 saturated heterocycles. The van der Waals surface area contributed by atoms with Crippen LogP contribution in [0.5, 0.6) is 0 Å². The van der Waals surface area contributed by atoms with Crippen LogP contribution in [0.25, 0.3) is 82.3 Å². The molecule has 0 bridgehead atoms. The van der Waals surface area contributed by atoms with Crippen molar-refractivity contribution in [3.63, 3.8) is 0 Å². The summed E-state index contributed by atoms with van der Waals surface area (Å²) in [7, 11) is 0. The van der Waals surface area contributed by atoms with Crippen LogP contribution in [-0.4, -0.2) is 20.8 Å². The lowest BCUT2D eigenvalue weighted by Gasteiger charge is -2.21. The Hall–Kier alpha value is -8.54. The van der Waals surface area contributed by atoms with Gasteiger partial charge in [-0.15, -0.1) is 0 Å². The second-order valence-corrected chi connectivity index (χ2v) is 17.6. The van der Waals surface area contributed by atoms with Crippen molar-refractivity contribution in [3.8, 4) is 27.9 Å². The molecule has 0 aliphatic heterocycles. The number of nitrogens with zero attached hydrogens (tertiary/aromatic N) is 3. The maximum atomic E-state index is 8.92. The number of fused-ring (bicyclic) bond motifs is 11. The summed E-state index contributed by atoms with van der Waals surface area (Å²) in [4.78, 5) is 4.87. The number of hydrogen-bond acceptors (Lipinski definition) is 1. The van der Waals surface area contributed by atoms with Crippen LogP contribution in [0.2, 0.25) is 0 Å². The SMILES string of the molecule is C=CC=C.CC.CC1(C)c2ccccc2-c2cc3c(cc21)c1c2ccccc2c(-c2ccc4c5ccccc5n(CNC(=NC(=N)c5ccccc5)c5ccccc5)c4c2)cc1n3-c1ccccc1. The van der Waals surface area contributed by atoms with Crippen LogP contribution in [0, 0.1) is 5.41 Å². The number of aromatic nitrogens is 2. The third kappa shape index (κ3) is 7.72. The van der Waals surface area contributed by atoms with Gasteiger partial charge in [-0.05, 0) is 86.6 Å². The number of nitrogens with one attached hydrogen (secondary N) is 2. The summed E-state index contributed by atoms with van der Waals surface area (Å²) < 4.78 is 4.83. The quantitative estimate of drug-likeness (QED) is 0.0935. The van der Waals surface area contributed by atoms with E-state index in [9.17, 15) is 0 Å². The third-order valence-electron chi connectivity index (χ3n) is 13.5. The van der Waals surface area contributed by atoms with Crippen LogP contribution in [0.4, 0.5) is 0 Å². The van der Waals surface area contributed by atoms with E-state index in [2.05, 4.69) is 181 Å². The second-order valence-electron chi connectivity index (χ2n) is 17.6. The van der Waals surface area contributed by atoms with E-state index < -0.39 is 0 Å². The fraction of sp³-hybridized carbons (Fsp3) is 0.0938. The van der Waals surface area contributed by atoms with Gasteiger partial charge in [0.05, 0.1) is 28.7 Å². The fourth-order valence-corrected chi connectivity index (χ4v) is 10.3. The van der Waals surface area contributed by atoms with Gasteiger partial charge in [0.25, 0.3) is 0 Å². The Kier molecular flexibility index (Phi) is 12.0. The topological polar surface area (TPSA) is 58.1 Å². The summed E-state index contributed by atoms with van der Waals surface area (Å²) in [5, 5.41) is 20.0. The van der Waals surface area contributed by atoms with Crippen LogP contribution in [-0.2, 0) is 12.1 Å². The molecule has 2 aromatic heterocycles. The van der Waals surface area contributed by atoms with Gasteiger partial charge in [-0.25, -0.2) is 4.99 Å². The summed E-state index contributed by atoms with van der Waals surface area (Å²) in [5.41, 5.74) is 15.1. The van der Waals surface area contributed by atoms with Crippen molar-refractivity contribution in [2.45, 2.75) is 39.8 Å². The van der Waals surface area contributed by atoms with Crippen molar-refractivity contribution in [2.75, 3.05) is 0 Å². The summed E-state index contributed by atoms with van der Waals surface area (Å²) in [6, 6.07) is 71.4. The normalized spacial score (nSPS) is 12.5. The molecule has 12 rings (SSSR count). The lowest BCUT2D eigenvalue weighted by Crippen LogP contribution is -2.28. The molecule has 9 aromatic carbocycles. The lowest BCUT2D eigenvalue weighted by atomic mass is 9.82. The van der Waals surface area contributed by atoms with Gasteiger partial charge in [0.2, 0.25) is 0 Å². The molecule has 1 aliphatic carbocycles. The second kappa shape index (κ2) is 18.6. The molecule has 5 nitrogen and oxygen atoms in total. The number of amidine groups is 2. The molecule has 0 amide bonds. The Bertz CT molecular complexity index is 3750. The first-order valence-electron chi connectivity index (χ1n) is 23.8. The fourth-order valence-electron chi connectivity index (χ4n) is 10.3. The molecule has 5 heteroatoms. The van der Waals surface area contributed by atoms with E-state index >= 15 is 0 Å². The monoisotopic (exact) mass is 893 g/mol. The standard InChI is InChI=1S/C58H43N5.C4H6.C2H6/c1-58(2)49-28-16-14-25-42(49)47-35-53-48(33-50(47)58)55-45-27-13-12-24-41(45)46(34-54(55)63(53)40-22-10-5-11-23-40)39-30-31-44-43-26-15-17-29-51(43)62(52(44)32-39)36-60-57(38-20-8-4-9-21-38)61-56(59)37-18-6-3-7-19-37;1-3-4-2;1-2/h3-35H,36H2,1-2H3,(H2,59,60,61);3-4H,1-2H2;1-2H3. The summed E-state index contributed by atoms with van der Waals surface area (Å²) in [6.07, 6.45) is 3.28. The Labute approximate surface area is 404 Å². The molecular weight excluding hydrogens is 839 g/mol. The van der Waals surface area contributed by atoms with Gasteiger partial charge in [0.1, 0.15) is 5.84 Å². The molecule has 1 aliphatic rings. The Balaban J connectivity index is 0.000000879. The first-order valence-corrected chi connectivity index (χ1v) is 23.8. The number of para-hydroxylation sites is 2. The van der Waals surface area contributed by atoms with Gasteiger partial charge in [-0.1, -0.05) is 211 Å². The molecule has 336 valence electrons. The van der Waals surface area contributed by atoms with Crippen LogP contribution in [0.1, 0.15) is 49.9 Å². The minimum atomic E-state index is -0.114. The summed E-state index contributed by atoms with van der Waals surface area (Å²) in [5.74, 6) is 0.856. The highest BCUT2D eigenvalue weighted by atomic mass is 15.2. The third-order valence-corrected chi connectivity index (χ3v) is 13.5. The Morgan fingerprint density at radius 1 is 0.522 bits per heavy atom. The number of hydrogen-bond donors (Lipinski definition) is 2. The number of rotatable bonds is 7. The van der Waals surface area contributed by atoms with Gasteiger partial charge in [0, 0.05) is 43.8 Å². The molecule has 0 fully saturated rings. The van der Waals surface area contributed by atoms with E-state index in [1.54, 1.807) is 12.2 Å². The van der Waals surface area contributed by atoms with Crippen LogP contribution < -0.4 is 5.32 Å². The van der Waals surface area contributed by atoms with Gasteiger partial charge in [0.15, 0.2) is 5.84 Å². The van der Waals surface area contributed by atoms with Crippen molar-refractivity contribution < 1.29 is 0 Å². The Morgan fingerprint density at radius 3 is 1.81 bits per heavy atom. The van der Waals surface area contributed by atoms with Crippen LogP contribution in [0.3, 0.4) is 0 Å². The zero-order valence-corrected chi connectivity index (χ0v) is 39.7. The Morgan fingerprint density at radius 2 is 1.10 bits per heavy atom. The number of benzene rings is 9. The van der Waals surface area contributed by atoms with Gasteiger partial charge in [-0.2, -0.15) is 0 Å². The van der Waals surface area contributed by atoms with Crippen LogP contribution >= 0.6 is 0 Å². The molecule has 69 heavy (non-hydrogen) atoms. The minimum absolute atomic E-state index is 0.114. The molecule has 0 saturated carbocycles. The zero-order chi connectivity index (χ0) is 47.6. The van der Waals surface area contributed by atoms with Crippen molar-refractivity contribution >= 4 is 66.1 Å². The van der Waals surface area contributed by atoms with E-state index in [4.69, 9.17) is 10.4 Å². The molecule has 11 aromatic rings. The molecule has 0 unspecified atom stereocenters. The molecule has 0 atom stereocenters. The lowest BCUT2D eigenvalue weighted by molar-refractivity contribution is 0.661. The van der Waals surface area contributed by atoms with Gasteiger partial charge in [-0.3, -0.25) is 5.41 Å². The number of aliphatic imine (C=N–C) groups is 1. The highest BCUT2D eigenvalue weighted by molar-refractivity contribution is 6.25. The average molecular weight is 894 g/mol. The van der Waals surface area contributed by atoms with Crippen molar-refractivity contribution in [3.05, 3.63) is 248 Å². The molecule has 2 N–H and O–H groups in total. The summed E-state index contributed by atoms with van der Waals surface area (Å²) in [6.45, 7) is 15.9. The highest BCUT2D eigenvalue weighted by Crippen LogP contribution is 2.52. The van der Waals surface area contributed by atoms with Crippen molar-refractivity contribution in [2.24, 2.45) is 4.99 Å². The predicted molar refractivity (Wildman–Crippen MR) is 295 cm³/mol. The molecular formula is C64H55N5. The van der Waals surface area contributed by atoms with E-state index in [1.165, 1.54) is 71.2 Å². The largest absolute Gasteiger partial charge is 0.352 e. The van der Waals surface area contributed by atoms with E-state index in [0.717, 1.165) is 33.4 Å². The van der Waals surface area contributed by atoms with Crippen molar-refractivity contribution in [1.82, 2.24) is 14.5 Å². The molecule has 0 spiro atoms. The zero-order valence-electron chi connectivity index (χ0n) is 39.7. The average Bonchev–Trinajstić information content (AvgIpc) is 3.99. The highest BCUT2D eigenvalue weighted by Gasteiger charge is 2.36. The summed E-state index contributed by atoms with van der Waals surface area (Å²) >= 11 is 0. The van der Waals surface area contributed by atoms with Crippen molar-refractivity contribution in [1.29, 1.82) is 5.41 Å². The molecule has 0 radical (unpaired) electrons. The maximum Gasteiger partial charge on any atom is 0.154 e. The smallest absolute Gasteiger partial charge is 0.154 e.